The maximum absolute atomic E-state index is 10.9. The smallest absolute Gasteiger partial charge is 0.497 e. The minimum absolute atomic E-state index is 0.0309. The van der Waals surface area contributed by atoms with Crippen molar-refractivity contribution < 1.29 is 23.6 Å². The monoisotopic (exact) mass is 271 g/mol. The van der Waals surface area contributed by atoms with Crippen molar-refractivity contribution in [2.24, 2.45) is 0 Å². The highest BCUT2D eigenvalue weighted by atomic mass is 31.2. The Morgan fingerprint density at radius 3 is 2.72 bits per heavy atom. The van der Waals surface area contributed by atoms with Crippen LogP contribution in [-0.2, 0) is 4.57 Å². The van der Waals surface area contributed by atoms with Gasteiger partial charge in [-0.15, -0.1) is 0 Å². The zero-order valence-electron chi connectivity index (χ0n) is 9.27. The third-order valence-corrected chi connectivity index (χ3v) is 2.53. The Hall–Kier alpha value is -1.89. The lowest BCUT2D eigenvalue weighted by molar-refractivity contribution is 0.283. The molecule has 0 unspecified atom stereocenters. The molecular weight excluding hydrogens is 261 g/mol. The molecule has 96 valence electrons. The van der Waals surface area contributed by atoms with Gasteiger partial charge in [0.1, 0.15) is 17.2 Å². The lowest BCUT2D eigenvalue weighted by atomic mass is 10.1. The van der Waals surface area contributed by atoms with Crippen molar-refractivity contribution in [3.63, 3.8) is 0 Å². The number of aromatic amines is 1. The molecule has 0 radical (unpaired) electrons. The van der Waals surface area contributed by atoms with Gasteiger partial charge in [0.15, 0.2) is 0 Å². The SMILES string of the molecule is COc1ccc(-c2cn[nH]n2)c(OP(=O)(O)O)c1. The third kappa shape index (κ3) is 2.86. The van der Waals surface area contributed by atoms with Crippen molar-refractivity contribution in [1.82, 2.24) is 15.4 Å². The molecule has 1 aromatic carbocycles. The maximum Gasteiger partial charge on any atom is 0.524 e. The van der Waals surface area contributed by atoms with E-state index in [0.29, 0.717) is 17.0 Å². The topological polar surface area (TPSA) is 118 Å². The molecule has 18 heavy (non-hydrogen) atoms. The van der Waals surface area contributed by atoms with Crippen molar-refractivity contribution in [2.45, 2.75) is 0 Å². The summed E-state index contributed by atoms with van der Waals surface area (Å²) in [6.45, 7) is 0. The second-order valence-corrected chi connectivity index (χ2v) is 4.46. The van der Waals surface area contributed by atoms with Gasteiger partial charge in [-0.2, -0.15) is 15.4 Å². The molecule has 9 heteroatoms. The lowest BCUT2D eigenvalue weighted by Gasteiger charge is -2.11. The number of nitrogens with zero attached hydrogens (tertiary/aromatic N) is 2. The van der Waals surface area contributed by atoms with Gasteiger partial charge in [0.05, 0.1) is 13.3 Å². The van der Waals surface area contributed by atoms with E-state index in [9.17, 15) is 4.57 Å². The van der Waals surface area contributed by atoms with Crippen LogP contribution in [0.1, 0.15) is 0 Å². The molecule has 0 fully saturated rings. The first-order chi connectivity index (χ1) is 8.49. The molecule has 8 nitrogen and oxygen atoms in total. The quantitative estimate of drug-likeness (QED) is 0.708. The highest BCUT2D eigenvalue weighted by Crippen LogP contribution is 2.43. The fraction of sp³-hybridized carbons (Fsp3) is 0.111. The second-order valence-electron chi connectivity index (χ2n) is 3.30. The number of benzene rings is 1. The lowest BCUT2D eigenvalue weighted by Crippen LogP contribution is -1.94. The van der Waals surface area contributed by atoms with E-state index in [2.05, 4.69) is 19.9 Å². The number of H-pyrrole nitrogens is 1. The van der Waals surface area contributed by atoms with Crippen molar-refractivity contribution >= 4 is 7.82 Å². The Morgan fingerprint density at radius 1 is 1.39 bits per heavy atom. The van der Waals surface area contributed by atoms with E-state index in [1.165, 1.54) is 19.4 Å². The van der Waals surface area contributed by atoms with E-state index < -0.39 is 7.82 Å². The molecule has 1 heterocycles. The van der Waals surface area contributed by atoms with Crippen molar-refractivity contribution in [1.29, 1.82) is 0 Å². The van der Waals surface area contributed by atoms with Crippen LogP contribution in [-0.4, -0.2) is 32.3 Å². The van der Waals surface area contributed by atoms with Gasteiger partial charge < -0.3 is 9.26 Å². The zero-order chi connectivity index (χ0) is 13.2. The Balaban J connectivity index is 2.49. The number of hydrogen-bond acceptors (Lipinski definition) is 5. The first-order valence-electron chi connectivity index (χ1n) is 4.79. The minimum atomic E-state index is -4.66. The molecule has 3 N–H and O–H groups in total. The fourth-order valence-corrected chi connectivity index (χ4v) is 1.78. The molecule has 1 aromatic heterocycles. The van der Waals surface area contributed by atoms with Gasteiger partial charge in [-0.3, -0.25) is 9.79 Å². The summed E-state index contributed by atoms with van der Waals surface area (Å²) in [5.41, 5.74) is 0.800. The summed E-state index contributed by atoms with van der Waals surface area (Å²) in [5.74, 6) is 0.377. The van der Waals surface area contributed by atoms with Crippen LogP contribution in [0.25, 0.3) is 11.3 Å². The van der Waals surface area contributed by atoms with Crippen LogP contribution < -0.4 is 9.26 Å². The highest BCUT2D eigenvalue weighted by molar-refractivity contribution is 7.46. The predicted octanol–water partition coefficient (Wildman–Crippen LogP) is 0.952. The third-order valence-electron chi connectivity index (χ3n) is 2.10. The van der Waals surface area contributed by atoms with E-state index in [4.69, 9.17) is 14.5 Å². The first-order valence-corrected chi connectivity index (χ1v) is 6.32. The average Bonchev–Trinajstić information content (AvgIpc) is 2.80. The maximum atomic E-state index is 10.9. The molecule has 0 atom stereocenters. The summed E-state index contributed by atoms with van der Waals surface area (Å²) in [6, 6.07) is 4.56. The molecule has 0 amide bonds. The molecule has 0 bridgehead atoms. The molecule has 0 aliphatic heterocycles. The molecule has 2 aromatic rings. The van der Waals surface area contributed by atoms with Crippen LogP contribution in [0.2, 0.25) is 0 Å². The van der Waals surface area contributed by atoms with Crippen molar-refractivity contribution in [3.8, 4) is 22.8 Å². The van der Waals surface area contributed by atoms with Gasteiger partial charge >= 0.3 is 7.82 Å². The van der Waals surface area contributed by atoms with Gasteiger partial charge in [-0.1, -0.05) is 0 Å². The molecule has 2 rings (SSSR count). The fourth-order valence-electron chi connectivity index (χ4n) is 1.38. The van der Waals surface area contributed by atoms with E-state index in [1.54, 1.807) is 12.1 Å². The molecular formula is C9H10N3O5P. The summed E-state index contributed by atoms with van der Waals surface area (Å²) in [6.07, 6.45) is 1.41. The summed E-state index contributed by atoms with van der Waals surface area (Å²) in [4.78, 5) is 17.7. The molecule has 0 spiro atoms. The average molecular weight is 271 g/mol. The van der Waals surface area contributed by atoms with Crippen LogP contribution in [0.4, 0.5) is 0 Å². The second kappa shape index (κ2) is 4.77. The number of methoxy groups -OCH3 is 1. The van der Waals surface area contributed by atoms with Gasteiger partial charge in [0.25, 0.3) is 0 Å². The summed E-state index contributed by atoms with van der Waals surface area (Å²) < 4.78 is 20.5. The summed E-state index contributed by atoms with van der Waals surface area (Å²) >= 11 is 0. The van der Waals surface area contributed by atoms with Crippen molar-refractivity contribution in [3.05, 3.63) is 24.4 Å². The summed E-state index contributed by atoms with van der Waals surface area (Å²) in [5, 5.41) is 9.85. The van der Waals surface area contributed by atoms with E-state index in [-0.39, 0.29) is 5.75 Å². The van der Waals surface area contributed by atoms with Gasteiger partial charge in [0.2, 0.25) is 0 Å². The van der Waals surface area contributed by atoms with E-state index in [0.717, 1.165) is 0 Å². The largest absolute Gasteiger partial charge is 0.524 e. The number of ether oxygens (including phenoxy) is 1. The van der Waals surface area contributed by atoms with E-state index in [1.807, 2.05) is 0 Å². The van der Waals surface area contributed by atoms with Crippen LogP contribution >= 0.6 is 7.82 Å². The van der Waals surface area contributed by atoms with Gasteiger partial charge in [-0.25, -0.2) is 4.57 Å². The van der Waals surface area contributed by atoms with Crippen molar-refractivity contribution in [2.75, 3.05) is 7.11 Å². The van der Waals surface area contributed by atoms with Crippen LogP contribution in [0.5, 0.6) is 11.5 Å². The number of nitrogens with one attached hydrogen (secondary N) is 1. The minimum Gasteiger partial charge on any atom is -0.497 e. The number of rotatable bonds is 4. The summed E-state index contributed by atoms with van der Waals surface area (Å²) in [7, 11) is -3.22. The highest BCUT2D eigenvalue weighted by Gasteiger charge is 2.20. The van der Waals surface area contributed by atoms with Gasteiger partial charge in [0, 0.05) is 11.6 Å². The van der Waals surface area contributed by atoms with E-state index >= 15 is 0 Å². The Labute approximate surface area is 102 Å². The number of aromatic nitrogens is 3. The predicted molar refractivity (Wildman–Crippen MR) is 61.0 cm³/mol. The number of phosphoric acid groups is 1. The molecule has 0 aliphatic rings. The molecule has 0 saturated carbocycles. The Morgan fingerprint density at radius 2 is 2.17 bits per heavy atom. The van der Waals surface area contributed by atoms with Crippen LogP contribution in [0.3, 0.4) is 0 Å². The Kier molecular flexibility index (Phi) is 3.33. The van der Waals surface area contributed by atoms with Gasteiger partial charge in [-0.05, 0) is 12.1 Å². The molecule has 0 aliphatic carbocycles. The standard InChI is InChI=1S/C9H10N3O5P/c1-16-6-2-3-7(8-5-10-12-11-8)9(4-6)17-18(13,14)15/h2-5H,1H3,(H,10,11,12)(H2,13,14,15). The first kappa shape index (κ1) is 12.6. The van der Waals surface area contributed by atoms with Crippen LogP contribution in [0.15, 0.2) is 24.4 Å². The zero-order valence-corrected chi connectivity index (χ0v) is 10.2. The Bertz CT molecular complexity index is 580. The normalized spacial score (nSPS) is 11.3. The number of phosphoric ester groups is 1. The van der Waals surface area contributed by atoms with Crippen LogP contribution in [0, 0.1) is 0 Å². The molecule has 0 saturated heterocycles. The number of hydrogen-bond donors (Lipinski definition) is 3.